The molecule has 0 aliphatic carbocycles. The predicted molar refractivity (Wildman–Crippen MR) is 101 cm³/mol. The van der Waals surface area contributed by atoms with Crippen molar-refractivity contribution in [1.29, 1.82) is 0 Å². The van der Waals surface area contributed by atoms with E-state index in [0.29, 0.717) is 28.5 Å². The van der Waals surface area contributed by atoms with Crippen LogP contribution in [0, 0.1) is 0 Å². The summed E-state index contributed by atoms with van der Waals surface area (Å²) in [6.45, 7) is 3.79. The van der Waals surface area contributed by atoms with Gasteiger partial charge in [-0.25, -0.2) is 4.79 Å². The first-order valence-electron chi connectivity index (χ1n) is 8.67. The largest absolute Gasteiger partial charge is 0.350 e. The fraction of sp³-hybridized carbons (Fsp3) is 0.500. The second-order valence-electron chi connectivity index (χ2n) is 6.42. The van der Waals surface area contributed by atoms with E-state index in [1.54, 1.807) is 18.2 Å². The lowest BCUT2D eigenvalue weighted by atomic mass is 9.88. The topological polar surface area (TPSA) is 78.5 Å². The van der Waals surface area contributed by atoms with Crippen molar-refractivity contribution in [3.8, 4) is 0 Å². The molecule has 0 radical (unpaired) electrons. The second kappa shape index (κ2) is 8.73. The third-order valence-electron chi connectivity index (χ3n) is 4.39. The maximum atomic E-state index is 12.7. The highest BCUT2D eigenvalue weighted by Gasteiger charge is 2.50. The van der Waals surface area contributed by atoms with Crippen molar-refractivity contribution < 1.29 is 14.4 Å². The molecular weight excluding hydrogens is 377 g/mol. The number of carbonyl (C=O) groups excluding carboxylic acids is 3. The van der Waals surface area contributed by atoms with E-state index in [9.17, 15) is 14.4 Å². The Morgan fingerprint density at radius 3 is 2.42 bits per heavy atom. The lowest BCUT2D eigenvalue weighted by molar-refractivity contribution is -0.135. The Morgan fingerprint density at radius 1 is 1.19 bits per heavy atom. The number of imide groups is 1. The molecule has 8 heteroatoms. The first kappa shape index (κ1) is 20.5. The zero-order valence-corrected chi connectivity index (χ0v) is 16.4. The molecule has 1 aromatic rings. The Kier molecular flexibility index (Phi) is 6.89. The number of hydrogen-bond acceptors (Lipinski definition) is 3. The van der Waals surface area contributed by atoms with Crippen molar-refractivity contribution in [2.24, 2.45) is 0 Å². The normalized spacial score (nSPS) is 15.9. The van der Waals surface area contributed by atoms with Crippen LogP contribution >= 0.6 is 23.2 Å². The van der Waals surface area contributed by atoms with Gasteiger partial charge in [-0.05, 0) is 30.5 Å². The zero-order valence-electron chi connectivity index (χ0n) is 14.9. The molecule has 1 aliphatic heterocycles. The van der Waals surface area contributed by atoms with Crippen LogP contribution in [0.5, 0.6) is 0 Å². The minimum atomic E-state index is -0.889. The molecule has 2 N–H and O–H groups in total. The number of rotatable bonds is 8. The van der Waals surface area contributed by atoms with Crippen LogP contribution < -0.4 is 10.6 Å². The molecule has 1 heterocycles. The van der Waals surface area contributed by atoms with Crippen LogP contribution in [-0.2, 0) is 16.1 Å². The van der Waals surface area contributed by atoms with E-state index in [-0.39, 0.29) is 19.0 Å². The molecule has 142 valence electrons. The van der Waals surface area contributed by atoms with Gasteiger partial charge in [-0.1, -0.05) is 56.0 Å². The highest BCUT2D eigenvalue weighted by molar-refractivity contribution is 6.35. The minimum Gasteiger partial charge on any atom is -0.350 e. The van der Waals surface area contributed by atoms with Gasteiger partial charge in [0.15, 0.2) is 0 Å². The molecule has 1 aliphatic rings. The average molecular weight is 400 g/mol. The summed E-state index contributed by atoms with van der Waals surface area (Å²) in [6, 6.07) is 4.46. The summed E-state index contributed by atoms with van der Waals surface area (Å²) in [7, 11) is 0. The van der Waals surface area contributed by atoms with Crippen LogP contribution in [-0.4, -0.2) is 34.8 Å². The van der Waals surface area contributed by atoms with Gasteiger partial charge in [-0.2, -0.15) is 0 Å². The first-order valence-corrected chi connectivity index (χ1v) is 9.43. The quantitative estimate of drug-likeness (QED) is 0.656. The van der Waals surface area contributed by atoms with E-state index >= 15 is 0 Å². The van der Waals surface area contributed by atoms with Crippen molar-refractivity contribution in [2.75, 3.05) is 6.54 Å². The zero-order chi connectivity index (χ0) is 19.3. The molecule has 2 rings (SSSR count). The first-order chi connectivity index (χ1) is 12.3. The fourth-order valence-corrected chi connectivity index (χ4v) is 3.67. The van der Waals surface area contributed by atoms with Crippen molar-refractivity contribution in [1.82, 2.24) is 15.5 Å². The molecule has 1 saturated heterocycles. The van der Waals surface area contributed by atoms with Crippen LogP contribution in [0.2, 0.25) is 10.0 Å². The van der Waals surface area contributed by atoms with Gasteiger partial charge in [0.1, 0.15) is 12.1 Å². The summed E-state index contributed by atoms with van der Waals surface area (Å²) in [5, 5.41) is 6.41. The van der Waals surface area contributed by atoms with Crippen molar-refractivity contribution in [3.05, 3.63) is 33.8 Å². The maximum Gasteiger partial charge on any atom is 0.325 e. The summed E-state index contributed by atoms with van der Waals surface area (Å²) < 4.78 is 0. The molecule has 1 fully saturated rings. The number of nitrogens with zero attached hydrogens (tertiary/aromatic N) is 1. The van der Waals surface area contributed by atoms with Crippen LogP contribution in [0.15, 0.2) is 18.2 Å². The van der Waals surface area contributed by atoms with E-state index in [4.69, 9.17) is 23.2 Å². The monoisotopic (exact) mass is 399 g/mol. The van der Waals surface area contributed by atoms with Gasteiger partial charge in [0.2, 0.25) is 5.91 Å². The van der Waals surface area contributed by atoms with Gasteiger partial charge in [-0.15, -0.1) is 0 Å². The lowest BCUT2D eigenvalue weighted by Crippen LogP contribution is -2.47. The average Bonchev–Trinajstić information content (AvgIpc) is 2.79. The molecule has 0 aromatic heterocycles. The van der Waals surface area contributed by atoms with Crippen LogP contribution in [0.3, 0.4) is 0 Å². The van der Waals surface area contributed by atoms with Gasteiger partial charge in [0, 0.05) is 16.6 Å². The number of halogens is 2. The second-order valence-corrected chi connectivity index (χ2v) is 7.26. The van der Waals surface area contributed by atoms with E-state index in [1.807, 2.05) is 13.8 Å². The number of benzene rings is 1. The van der Waals surface area contributed by atoms with Crippen molar-refractivity contribution >= 4 is 41.0 Å². The lowest BCUT2D eigenvalue weighted by Gasteiger charge is -2.25. The van der Waals surface area contributed by atoms with Crippen molar-refractivity contribution in [2.45, 2.75) is 51.6 Å². The number of amides is 4. The molecule has 6 nitrogen and oxygen atoms in total. The van der Waals surface area contributed by atoms with Crippen LogP contribution in [0.1, 0.15) is 45.1 Å². The Bertz CT molecular complexity index is 703. The van der Waals surface area contributed by atoms with Gasteiger partial charge in [0.25, 0.3) is 5.91 Å². The summed E-state index contributed by atoms with van der Waals surface area (Å²) in [6.07, 6.45) is 2.65. The van der Waals surface area contributed by atoms with Gasteiger partial charge < -0.3 is 10.6 Å². The maximum absolute atomic E-state index is 12.7. The molecule has 26 heavy (non-hydrogen) atoms. The third-order valence-corrected chi connectivity index (χ3v) is 4.98. The molecular formula is C18H23Cl2N3O3. The Labute approximate surface area is 163 Å². The summed E-state index contributed by atoms with van der Waals surface area (Å²) in [5.74, 6) is -0.755. The molecule has 4 amide bonds. The third kappa shape index (κ3) is 4.48. The Balaban J connectivity index is 1.99. The highest BCUT2D eigenvalue weighted by Crippen LogP contribution is 2.28. The minimum absolute atomic E-state index is 0.188. The Morgan fingerprint density at radius 2 is 1.85 bits per heavy atom. The SMILES string of the molecule is CCCC1(CCC)NC(=O)N(CC(=O)NCc2ccc(Cl)cc2Cl)C1=O. The predicted octanol–water partition coefficient (Wildman–Crippen LogP) is 3.50. The smallest absolute Gasteiger partial charge is 0.325 e. The summed E-state index contributed by atoms with van der Waals surface area (Å²) in [5.41, 5.74) is -0.187. The molecule has 0 unspecified atom stereocenters. The van der Waals surface area contributed by atoms with E-state index in [0.717, 1.165) is 17.7 Å². The standard InChI is InChI=1S/C18H23Cl2N3O3/c1-3-7-18(8-4-2)16(25)23(17(26)22-18)11-15(24)21-10-12-5-6-13(19)9-14(12)20/h5-6,9H,3-4,7-8,10-11H2,1-2H3,(H,21,24)(H,22,26). The Hall–Kier alpha value is -1.79. The van der Waals surface area contributed by atoms with Gasteiger partial charge >= 0.3 is 6.03 Å². The van der Waals surface area contributed by atoms with Crippen LogP contribution in [0.25, 0.3) is 0 Å². The van der Waals surface area contributed by atoms with E-state index < -0.39 is 17.5 Å². The highest BCUT2D eigenvalue weighted by atomic mass is 35.5. The molecule has 0 saturated carbocycles. The van der Waals surface area contributed by atoms with Gasteiger partial charge in [0.05, 0.1) is 0 Å². The molecule has 0 atom stereocenters. The van der Waals surface area contributed by atoms with Crippen molar-refractivity contribution in [3.63, 3.8) is 0 Å². The number of hydrogen-bond donors (Lipinski definition) is 2. The molecule has 0 bridgehead atoms. The van der Waals surface area contributed by atoms with E-state index in [1.165, 1.54) is 0 Å². The fourth-order valence-electron chi connectivity index (χ4n) is 3.20. The number of carbonyl (C=O) groups is 3. The van der Waals surface area contributed by atoms with E-state index in [2.05, 4.69) is 10.6 Å². The van der Waals surface area contributed by atoms with Gasteiger partial charge in [-0.3, -0.25) is 14.5 Å². The summed E-state index contributed by atoms with van der Waals surface area (Å²) >= 11 is 11.9. The van der Waals surface area contributed by atoms with Crippen LogP contribution in [0.4, 0.5) is 4.79 Å². The molecule has 0 spiro atoms. The number of urea groups is 1. The molecule has 1 aromatic carbocycles. The summed E-state index contributed by atoms with van der Waals surface area (Å²) in [4.78, 5) is 38.2. The number of nitrogens with one attached hydrogen (secondary N) is 2.